The van der Waals surface area contributed by atoms with E-state index in [9.17, 15) is 8.42 Å². The lowest BCUT2D eigenvalue weighted by atomic mass is 9.96. The minimum atomic E-state index is -3.70. The largest absolute Gasteiger partial charge is 0.341 e. The number of rotatable bonds is 2. The van der Waals surface area contributed by atoms with Crippen molar-refractivity contribution in [3.8, 4) is 0 Å². The molecule has 0 aliphatic carbocycles. The molecule has 0 saturated carbocycles. The Kier molecular flexibility index (Phi) is 3.22. The van der Waals surface area contributed by atoms with Gasteiger partial charge in [-0.3, -0.25) is 0 Å². The third-order valence-corrected chi connectivity index (χ3v) is 4.96. The Morgan fingerprint density at radius 1 is 1.10 bits per heavy atom. The normalized spacial score (nSPS) is 13.8. The average Bonchev–Trinajstić information content (AvgIpc) is 2.43. The summed E-state index contributed by atoms with van der Waals surface area (Å²) >= 11 is 0. The van der Waals surface area contributed by atoms with Crippen molar-refractivity contribution in [1.29, 1.82) is 0 Å². The number of hydrogen-bond acceptors (Lipinski definition) is 3. The molecular weight excluding hydrogens is 294 g/mol. The van der Waals surface area contributed by atoms with Crippen LogP contribution < -0.4 is 4.90 Å². The Bertz CT molecular complexity index is 771. The zero-order valence-corrected chi connectivity index (χ0v) is 12.6. The van der Waals surface area contributed by atoms with Crippen molar-refractivity contribution in [2.75, 3.05) is 11.4 Å². The smallest absolute Gasteiger partial charge is 0.261 e. The van der Waals surface area contributed by atoms with E-state index >= 15 is 0 Å². The fraction of sp³-hybridized carbons (Fsp3) is 0.200. The molecule has 0 saturated heterocycles. The van der Waals surface area contributed by atoms with Gasteiger partial charge in [0.05, 0.1) is 4.90 Å². The fourth-order valence-electron chi connectivity index (χ4n) is 2.70. The monoisotopic (exact) mass is 307 g/mol. The summed E-state index contributed by atoms with van der Waals surface area (Å²) in [6, 6.07) is 13.3. The lowest BCUT2D eigenvalue weighted by Gasteiger charge is -2.32. The van der Waals surface area contributed by atoms with Crippen LogP contribution in [-0.2, 0) is 15.5 Å². The van der Waals surface area contributed by atoms with E-state index in [1.54, 1.807) is 12.1 Å². The summed E-state index contributed by atoms with van der Waals surface area (Å²) in [6.07, 6.45) is 0.810. The number of hydrogen-bond donors (Lipinski definition) is 0. The summed E-state index contributed by atoms with van der Waals surface area (Å²) in [4.78, 5) is 2.27. The Labute approximate surface area is 123 Å². The van der Waals surface area contributed by atoms with Crippen LogP contribution in [0.4, 0.5) is 11.4 Å². The molecule has 5 heteroatoms. The van der Waals surface area contributed by atoms with Gasteiger partial charge < -0.3 is 4.90 Å². The molecule has 0 atom stereocenters. The Balaban J connectivity index is 2.19. The molecule has 0 unspecified atom stereocenters. The summed E-state index contributed by atoms with van der Waals surface area (Å²) in [5, 5.41) is 0. The Morgan fingerprint density at radius 3 is 2.50 bits per heavy atom. The Morgan fingerprint density at radius 2 is 1.80 bits per heavy atom. The van der Waals surface area contributed by atoms with Crippen LogP contribution in [0.3, 0.4) is 0 Å². The van der Waals surface area contributed by atoms with Crippen LogP contribution in [0.15, 0.2) is 47.4 Å². The molecule has 0 aromatic heterocycles. The maximum absolute atomic E-state index is 11.5. The number of benzene rings is 2. The lowest BCUT2D eigenvalue weighted by molar-refractivity contribution is 0.609. The van der Waals surface area contributed by atoms with Gasteiger partial charge in [0.15, 0.2) is 0 Å². The van der Waals surface area contributed by atoms with E-state index in [2.05, 4.69) is 17.0 Å². The van der Waals surface area contributed by atoms with Crippen molar-refractivity contribution in [2.45, 2.75) is 18.2 Å². The average molecular weight is 308 g/mol. The first-order chi connectivity index (χ1) is 9.50. The molecule has 3 nitrogen and oxygen atoms in total. The predicted molar refractivity (Wildman–Crippen MR) is 81.4 cm³/mol. The second kappa shape index (κ2) is 4.79. The van der Waals surface area contributed by atoms with Crippen LogP contribution in [0.1, 0.15) is 18.1 Å². The number of fused-ring (bicyclic) bond motifs is 2. The first kappa shape index (κ1) is 13.5. The third-order valence-electron chi connectivity index (χ3n) is 3.61. The van der Waals surface area contributed by atoms with Gasteiger partial charge in [-0.05, 0) is 36.2 Å². The third kappa shape index (κ3) is 2.19. The molecule has 0 radical (unpaired) electrons. The molecule has 3 rings (SSSR count). The van der Waals surface area contributed by atoms with Crippen molar-refractivity contribution in [1.82, 2.24) is 0 Å². The molecule has 0 fully saturated rings. The first-order valence-electron chi connectivity index (χ1n) is 6.43. The zero-order valence-electron chi connectivity index (χ0n) is 11.0. The molecular formula is C15H14ClNO2S. The van der Waals surface area contributed by atoms with Gasteiger partial charge in [-0.2, -0.15) is 0 Å². The number of halogens is 1. The van der Waals surface area contributed by atoms with Crippen LogP contribution in [0.25, 0.3) is 0 Å². The maximum Gasteiger partial charge on any atom is 0.261 e. The van der Waals surface area contributed by atoms with Crippen LogP contribution in [0.2, 0.25) is 0 Å². The van der Waals surface area contributed by atoms with Gasteiger partial charge in [0.25, 0.3) is 9.05 Å². The lowest BCUT2D eigenvalue weighted by Crippen LogP contribution is -2.23. The van der Waals surface area contributed by atoms with E-state index in [0.717, 1.165) is 29.9 Å². The molecule has 0 bridgehead atoms. The van der Waals surface area contributed by atoms with Gasteiger partial charge in [-0.1, -0.05) is 24.3 Å². The van der Waals surface area contributed by atoms with Gasteiger partial charge in [0.1, 0.15) is 0 Å². The highest BCUT2D eigenvalue weighted by Crippen LogP contribution is 2.39. The Hall–Kier alpha value is -1.52. The minimum Gasteiger partial charge on any atom is -0.341 e. The first-order valence-corrected chi connectivity index (χ1v) is 8.74. The molecule has 104 valence electrons. The SMILES string of the molecule is CCN1c2ccccc2Cc2ccc(S(=O)(=O)Cl)cc21. The van der Waals surface area contributed by atoms with E-state index in [-0.39, 0.29) is 4.90 Å². The van der Waals surface area contributed by atoms with Crippen LogP contribution in [-0.4, -0.2) is 15.0 Å². The summed E-state index contributed by atoms with van der Waals surface area (Å²) in [5.74, 6) is 0. The molecule has 0 spiro atoms. The van der Waals surface area contributed by atoms with Gasteiger partial charge in [-0.25, -0.2) is 8.42 Å². The predicted octanol–water partition coefficient (Wildman–Crippen LogP) is 3.68. The highest BCUT2D eigenvalue weighted by molar-refractivity contribution is 8.13. The molecule has 1 heterocycles. The van der Waals surface area contributed by atoms with E-state index in [1.807, 2.05) is 25.1 Å². The van der Waals surface area contributed by atoms with Crippen molar-refractivity contribution < 1.29 is 8.42 Å². The van der Waals surface area contributed by atoms with Crippen molar-refractivity contribution >= 4 is 31.1 Å². The molecule has 20 heavy (non-hydrogen) atoms. The second-order valence-electron chi connectivity index (χ2n) is 4.78. The quantitative estimate of drug-likeness (QED) is 0.794. The molecule has 2 aromatic carbocycles. The topological polar surface area (TPSA) is 37.4 Å². The van der Waals surface area contributed by atoms with Crippen molar-refractivity contribution in [3.05, 3.63) is 53.6 Å². The number of anilines is 2. The highest BCUT2D eigenvalue weighted by Gasteiger charge is 2.23. The van der Waals surface area contributed by atoms with Gasteiger partial charge in [0.2, 0.25) is 0 Å². The highest BCUT2D eigenvalue weighted by atomic mass is 35.7. The second-order valence-corrected chi connectivity index (χ2v) is 7.34. The summed E-state index contributed by atoms with van der Waals surface area (Å²) < 4.78 is 23.0. The van der Waals surface area contributed by atoms with Crippen LogP contribution in [0.5, 0.6) is 0 Å². The summed E-state index contributed by atoms with van der Waals surface area (Å²) in [5.41, 5.74) is 4.43. The van der Waals surface area contributed by atoms with Crippen LogP contribution >= 0.6 is 10.7 Å². The molecule has 1 aliphatic heterocycles. The number of nitrogens with zero attached hydrogens (tertiary/aromatic N) is 1. The van der Waals surface area contributed by atoms with E-state index < -0.39 is 9.05 Å². The molecule has 2 aromatic rings. The minimum absolute atomic E-state index is 0.149. The van der Waals surface area contributed by atoms with Crippen LogP contribution in [0, 0.1) is 0 Å². The fourth-order valence-corrected chi connectivity index (χ4v) is 3.47. The maximum atomic E-state index is 11.5. The summed E-state index contributed by atoms with van der Waals surface area (Å²) in [7, 11) is 1.75. The molecule has 0 amide bonds. The van der Waals surface area contributed by atoms with Gasteiger partial charge >= 0.3 is 0 Å². The summed E-state index contributed by atoms with van der Waals surface area (Å²) in [6.45, 7) is 2.82. The number of para-hydroxylation sites is 1. The van der Waals surface area contributed by atoms with Gasteiger partial charge in [0, 0.05) is 35.0 Å². The van der Waals surface area contributed by atoms with Crippen molar-refractivity contribution in [2.24, 2.45) is 0 Å². The molecule has 1 aliphatic rings. The zero-order chi connectivity index (χ0) is 14.3. The standard InChI is InChI=1S/C15H14ClNO2S/c1-2-17-14-6-4-3-5-11(14)9-12-7-8-13(10-15(12)17)20(16,18)19/h3-8,10H,2,9H2,1H3. The molecule has 0 N–H and O–H groups in total. The van der Waals surface area contributed by atoms with E-state index in [4.69, 9.17) is 10.7 Å². The van der Waals surface area contributed by atoms with E-state index in [1.165, 1.54) is 5.56 Å². The van der Waals surface area contributed by atoms with Gasteiger partial charge in [-0.15, -0.1) is 0 Å². The van der Waals surface area contributed by atoms with E-state index in [0.29, 0.717) is 0 Å². The van der Waals surface area contributed by atoms with Crippen molar-refractivity contribution in [3.63, 3.8) is 0 Å².